The third kappa shape index (κ3) is 3.24. The predicted molar refractivity (Wildman–Crippen MR) is 80.0 cm³/mol. The van der Waals surface area contributed by atoms with Crippen molar-refractivity contribution in [3.63, 3.8) is 0 Å². The highest BCUT2D eigenvalue weighted by molar-refractivity contribution is 6.07. The quantitative estimate of drug-likeness (QED) is 0.615. The standard InChI is InChI=1S/C15H24N4O3/c1-15(13(21)17-14(22)18-15)11-3-2-6-19(8-11)9-12(20)16-7-10-4-5-10/h10-11H,2-9H2,1H3,(H,16,20)(H2,17,18,21,22)/t11-,15-/m0/s1. The summed E-state index contributed by atoms with van der Waals surface area (Å²) in [5.41, 5.74) is -0.861. The van der Waals surface area contributed by atoms with Crippen LogP contribution in [-0.2, 0) is 9.59 Å². The molecule has 4 amide bonds. The van der Waals surface area contributed by atoms with Gasteiger partial charge >= 0.3 is 6.03 Å². The van der Waals surface area contributed by atoms with Crippen molar-refractivity contribution in [1.82, 2.24) is 20.9 Å². The molecule has 0 aromatic rings. The van der Waals surface area contributed by atoms with Crippen molar-refractivity contribution in [3.05, 3.63) is 0 Å². The van der Waals surface area contributed by atoms with Crippen molar-refractivity contribution in [1.29, 1.82) is 0 Å². The van der Waals surface area contributed by atoms with Gasteiger partial charge in [0.15, 0.2) is 0 Å². The molecular formula is C15H24N4O3. The van der Waals surface area contributed by atoms with Crippen LogP contribution in [0.15, 0.2) is 0 Å². The Morgan fingerprint density at radius 1 is 1.36 bits per heavy atom. The summed E-state index contributed by atoms with van der Waals surface area (Å²) in [6.45, 7) is 4.44. The number of likely N-dealkylation sites (tertiary alicyclic amines) is 1. The molecular weight excluding hydrogens is 284 g/mol. The van der Waals surface area contributed by atoms with Gasteiger partial charge in [0.25, 0.3) is 5.91 Å². The van der Waals surface area contributed by atoms with Gasteiger partial charge in [0.05, 0.1) is 6.54 Å². The fourth-order valence-corrected chi connectivity index (χ4v) is 3.35. The molecule has 0 aromatic carbocycles. The number of urea groups is 1. The van der Waals surface area contributed by atoms with Gasteiger partial charge in [-0.3, -0.25) is 19.8 Å². The summed E-state index contributed by atoms with van der Waals surface area (Å²) in [7, 11) is 0. The van der Waals surface area contributed by atoms with E-state index in [2.05, 4.69) is 20.9 Å². The summed E-state index contributed by atoms with van der Waals surface area (Å²) in [5, 5.41) is 8.03. The smallest absolute Gasteiger partial charge is 0.322 e. The first-order chi connectivity index (χ1) is 10.5. The Labute approximate surface area is 130 Å². The number of nitrogens with zero attached hydrogens (tertiary/aromatic N) is 1. The fraction of sp³-hybridized carbons (Fsp3) is 0.800. The summed E-state index contributed by atoms with van der Waals surface area (Å²) in [6.07, 6.45) is 4.25. The minimum absolute atomic E-state index is 0.0314. The maximum Gasteiger partial charge on any atom is 0.322 e. The molecule has 0 aromatic heterocycles. The number of piperidine rings is 1. The molecule has 0 bridgehead atoms. The van der Waals surface area contributed by atoms with Crippen molar-refractivity contribution in [2.24, 2.45) is 11.8 Å². The Morgan fingerprint density at radius 3 is 2.77 bits per heavy atom. The Hall–Kier alpha value is -1.63. The van der Waals surface area contributed by atoms with E-state index in [9.17, 15) is 14.4 Å². The van der Waals surface area contributed by atoms with Gasteiger partial charge in [0.2, 0.25) is 5.91 Å². The van der Waals surface area contributed by atoms with Gasteiger partial charge in [0, 0.05) is 19.0 Å². The second kappa shape index (κ2) is 5.87. The SMILES string of the molecule is C[C@@]1([C@H]2CCCN(CC(=O)NCC3CC3)C2)NC(=O)NC1=O. The molecule has 3 fully saturated rings. The molecule has 1 aliphatic carbocycles. The number of hydrogen-bond donors (Lipinski definition) is 3. The number of imide groups is 1. The predicted octanol–water partition coefficient (Wildman–Crippen LogP) is -0.177. The molecule has 2 saturated heterocycles. The Morgan fingerprint density at radius 2 is 2.14 bits per heavy atom. The van der Waals surface area contributed by atoms with Gasteiger partial charge in [-0.15, -0.1) is 0 Å². The molecule has 7 heteroatoms. The molecule has 0 unspecified atom stereocenters. The number of carbonyl (C=O) groups is 3. The molecule has 22 heavy (non-hydrogen) atoms. The molecule has 1 saturated carbocycles. The van der Waals surface area contributed by atoms with E-state index >= 15 is 0 Å². The molecule has 0 radical (unpaired) electrons. The molecule has 2 heterocycles. The number of amides is 4. The van der Waals surface area contributed by atoms with E-state index in [4.69, 9.17) is 0 Å². The number of rotatable bonds is 5. The van der Waals surface area contributed by atoms with E-state index in [0.29, 0.717) is 19.0 Å². The van der Waals surface area contributed by atoms with E-state index in [0.717, 1.165) is 25.9 Å². The highest BCUT2D eigenvalue weighted by atomic mass is 16.2. The number of hydrogen-bond acceptors (Lipinski definition) is 4. The summed E-state index contributed by atoms with van der Waals surface area (Å²) in [4.78, 5) is 37.5. The summed E-state index contributed by atoms with van der Waals surface area (Å²) >= 11 is 0. The Balaban J connectivity index is 1.53. The van der Waals surface area contributed by atoms with Crippen LogP contribution in [0.1, 0.15) is 32.6 Å². The van der Waals surface area contributed by atoms with Gasteiger partial charge in [-0.1, -0.05) is 0 Å². The monoisotopic (exact) mass is 308 g/mol. The largest absolute Gasteiger partial charge is 0.355 e. The first-order valence-electron chi connectivity index (χ1n) is 8.10. The number of carbonyl (C=O) groups excluding carboxylic acids is 3. The molecule has 122 valence electrons. The zero-order valence-electron chi connectivity index (χ0n) is 13.0. The van der Waals surface area contributed by atoms with Crippen molar-refractivity contribution >= 4 is 17.8 Å². The van der Waals surface area contributed by atoms with Crippen LogP contribution in [0.25, 0.3) is 0 Å². The normalized spacial score (nSPS) is 32.5. The lowest BCUT2D eigenvalue weighted by molar-refractivity contribution is -0.126. The zero-order valence-corrected chi connectivity index (χ0v) is 13.0. The van der Waals surface area contributed by atoms with Gasteiger partial charge in [-0.2, -0.15) is 0 Å². The third-order valence-electron chi connectivity index (χ3n) is 5.05. The van der Waals surface area contributed by atoms with Gasteiger partial charge in [-0.05, 0) is 45.1 Å². The maximum atomic E-state index is 12.0. The molecule has 2 atom stereocenters. The maximum absolute atomic E-state index is 12.0. The van der Waals surface area contributed by atoms with E-state index in [1.807, 2.05) is 0 Å². The summed E-state index contributed by atoms with van der Waals surface area (Å²) < 4.78 is 0. The third-order valence-corrected chi connectivity index (χ3v) is 5.05. The van der Waals surface area contributed by atoms with Gasteiger partial charge in [0.1, 0.15) is 5.54 Å². The highest BCUT2D eigenvalue weighted by Crippen LogP contribution is 2.30. The van der Waals surface area contributed by atoms with Crippen LogP contribution in [-0.4, -0.2) is 54.5 Å². The van der Waals surface area contributed by atoms with E-state index < -0.39 is 11.6 Å². The molecule has 7 nitrogen and oxygen atoms in total. The van der Waals surface area contributed by atoms with Gasteiger partial charge < -0.3 is 10.6 Å². The lowest BCUT2D eigenvalue weighted by atomic mass is 9.80. The molecule has 0 spiro atoms. The van der Waals surface area contributed by atoms with Gasteiger partial charge in [-0.25, -0.2) is 4.79 Å². The Kier molecular flexibility index (Phi) is 4.08. The van der Waals surface area contributed by atoms with Crippen LogP contribution in [0, 0.1) is 11.8 Å². The average molecular weight is 308 g/mol. The molecule has 2 aliphatic heterocycles. The van der Waals surface area contributed by atoms with Crippen LogP contribution in [0.3, 0.4) is 0 Å². The van der Waals surface area contributed by atoms with E-state index in [1.165, 1.54) is 12.8 Å². The minimum Gasteiger partial charge on any atom is -0.355 e. The summed E-state index contributed by atoms with van der Waals surface area (Å²) in [6, 6.07) is -0.424. The highest BCUT2D eigenvalue weighted by Gasteiger charge is 2.48. The molecule has 3 N–H and O–H groups in total. The number of nitrogens with one attached hydrogen (secondary N) is 3. The van der Waals surface area contributed by atoms with Crippen LogP contribution in [0.4, 0.5) is 4.79 Å². The van der Waals surface area contributed by atoms with Crippen molar-refractivity contribution in [2.75, 3.05) is 26.2 Å². The Bertz CT molecular complexity index is 491. The minimum atomic E-state index is -0.861. The van der Waals surface area contributed by atoms with Crippen LogP contribution in [0.5, 0.6) is 0 Å². The van der Waals surface area contributed by atoms with Crippen molar-refractivity contribution in [2.45, 2.75) is 38.1 Å². The second-order valence-corrected chi connectivity index (χ2v) is 6.93. The van der Waals surface area contributed by atoms with E-state index in [1.54, 1.807) is 6.92 Å². The first kappa shape index (κ1) is 15.3. The molecule has 3 aliphatic rings. The van der Waals surface area contributed by atoms with Crippen molar-refractivity contribution < 1.29 is 14.4 Å². The average Bonchev–Trinajstić information content (AvgIpc) is 3.25. The first-order valence-corrected chi connectivity index (χ1v) is 8.10. The zero-order chi connectivity index (χ0) is 15.7. The van der Waals surface area contributed by atoms with E-state index in [-0.39, 0.29) is 17.7 Å². The lowest BCUT2D eigenvalue weighted by Gasteiger charge is -2.39. The fourth-order valence-electron chi connectivity index (χ4n) is 3.35. The lowest BCUT2D eigenvalue weighted by Crippen LogP contribution is -2.56. The second-order valence-electron chi connectivity index (χ2n) is 6.93. The summed E-state index contributed by atoms with van der Waals surface area (Å²) in [5.74, 6) is 0.499. The van der Waals surface area contributed by atoms with Crippen molar-refractivity contribution in [3.8, 4) is 0 Å². The van der Waals surface area contributed by atoms with Crippen LogP contribution >= 0.6 is 0 Å². The topological polar surface area (TPSA) is 90.5 Å². The van der Waals surface area contributed by atoms with Crippen LogP contribution in [0.2, 0.25) is 0 Å². The van der Waals surface area contributed by atoms with Crippen LogP contribution < -0.4 is 16.0 Å². The molecule has 3 rings (SSSR count).